The molecule has 4 nitrogen and oxygen atoms in total. The van der Waals surface area contributed by atoms with E-state index in [4.69, 9.17) is 0 Å². The number of benzene rings is 1. The number of hydrogen-bond acceptors (Lipinski definition) is 3. The number of amides is 1. The van der Waals surface area contributed by atoms with E-state index in [1.165, 1.54) is 0 Å². The molecule has 0 radical (unpaired) electrons. The van der Waals surface area contributed by atoms with Gasteiger partial charge in [0.05, 0.1) is 0 Å². The number of aliphatic carboxylic acids is 1. The molecule has 0 atom stereocenters. The maximum atomic E-state index is 11.2. The lowest BCUT2D eigenvalue weighted by Crippen LogP contribution is -2.24. The SMILES string of the molecule is Cc1ccc(NC(=O)CCC(=O)[O-])cc1. The Labute approximate surface area is 87.9 Å². The van der Waals surface area contributed by atoms with Gasteiger partial charge in [0.1, 0.15) is 0 Å². The molecule has 1 rings (SSSR count). The molecule has 0 aliphatic carbocycles. The minimum atomic E-state index is -1.21. The van der Waals surface area contributed by atoms with Gasteiger partial charge in [0.15, 0.2) is 0 Å². The molecule has 0 aliphatic heterocycles. The van der Waals surface area contributed by atoms with Crippen molar-refractivity contribution in [3.63, 3.8) is 0 Å². The second kappa shape index (κ2) is 5.14. The largest absolute Gasteiger partial charge is 0.550 e. The van der Waals surface area contributed by atoms with Gasteiger partial charge in [-0.1, -0.05) is 17.7 Å². The van der Waals surface area contributed by atoms with Crippen molar-refractivity contribution in [3.05, 3.63) is 29.8 Å². The van der Waals surface area contributed by atoms with Gasteiger partial charge < -0.3 is 15.2 Å². The monoisotopic (exact) mass is 206 g/mol. The van der Waals surface area contributed by atoms with E-state index in [-0.39, 0.29) is 18.7 Å². The number of aryl methyl sites for hydroxylation is 1. The molecular formula is C11H12NO3-. The van der Waals surface area contributed by atoms with Gasteiger partial charge in [0, 0.05) is 18.1 Å². The summed E-state index contributed by atoms with van der Waals surface area (Å²) in [4.78, 5) is 21.3. The Morgan fingerprint density at radius 1 is 1.20 bits per heavy atom. The quantitative estimate of drug-likeness (QED) is 0.778. The molecule has 0 aromatic heterocycles. The molecular weight excluding hydrogens is 194 g/mol. The second-order valence-corrected chi connectivity index (χ2v) is 3.29. The van der Waals surface area contributed by atoms with E-state index in [0.717, 1.165) is 5.56 Å². The second-order valence-electron chi connectivity index (χ2n) is 3.29. The molecule has 0 saturated carbocycles. The van der Waals surface area contributed by atoms with E-state index in [0.29, 0.717) is 5.69 Å². The molecule has 0 aliphatic rings. The number of carbonyl (C=O) groups is 2. The van der Waals surface area contributed by atoms with Gasteiger partial charge >= 0.3 is 0 Å². The highest BCUT2D eigenvalue weighted by molar-refractivity contribution is 5.92. The highest BCUT2D eigenvalue weighted by atomic mass is 16.4. The Bertz CT molecular complexity index is 357. The molecule has 1 aromatic carbocycles. The molecule has 1 N–H and O–H groups in total. The summed E-state index contributed by atoms with van der Waals surface area (Å²) in [6, 6.07) is 7.28. The fourth-order valence-electron chi connectivity index (χ4n) is 1.08. The van der Waals surface area contributed by atoms with Crippen LogP contribution in [0.2, 0.25) is 0 Å². The molecule has 80 valence electrons. The van der Waals surface area contributed by atoms with Gasteiger partial charge in [0.2, 0.25) is 5.91 Å². The summed E-state index contributed by atoms with van der Waals surface area (Å²) in [7, 11) is 0. The Kier molecular flexibility index (Phi) is 3.85. The number of hydrogen-bond donors (Lipinski definition) is 1. The molecule has 1 amide bonds. The van der Waals surface area contributed by atoms with Crippen LogP contribution < -0.4 is 10.4 Å². The van der Waals surface area contributed by atoms with Gasteiger partial charge in [-0.05, 0) is 25.5 Å². The molecule has 0 spiro atoms. The Balaban J connectivity index is 2.44. The zero-order chi connectivity index (χ0) is 11.3. The van der Waals surface area contributed by atoms with E-state index in [9.17, 15) is 14.7 Å². The van der Waals surface area contributed by atoms with Gasteiger partial charge in [-0.15, -0.1) is 0 Å². The van der Waals surface area contributed by atoms with Crippen molar-refractivity contribution in [3.8, 4) is 0 Å². The van der Waals surface area contributed by atoms with Crippen molar-refractivity contribution >= 4 is 17.6 Å². The summed E-state index contributed by atoms with van der Waals surface area (Å²) in [5, 5.41) is 12.7. The van der Waals surface area contributed by atoms with Gasteiger partial charge in [-0.2, -0.15) is 0 Å². The van der Waals surface area contributed by atoms with Crippen molar-refractivity contribution in [2.45, 2.75) is 19.8 Å². The first-order valence-electron chi connectivity index (χ1n) is 4.64. The third-order valence-electron chi connectivity index (χ3n) is 1.89. The smallest absolute Gasteiger partial charge is 0.224 e. The Morgan fingerprint density at radius 3 is 2.33 bits per heavy atom. The van der Waals surface area contributed by atoms with E-state index in [1.807, 2.05) is 19.1 Å². The van der Waals surface area contributed by atoms with Crippen molar-refractivity contribution in [1.29, 1.82) is 0 Å². The summed E-state index contributed by atoms with van der Waals surface area (Å²) in [5.74, 6) is -1.53. The summed E-state index contributed by atoms with van der Waals surface area (Å²) in [5.41, 5.74) is 1.77. The number of nitrogens with one attached hydrogen (secondary N) is 1. The average Bonchev–Trinajstić information content (AvgIpc) is 2.19. The van der Waals surface area contributed by atoms with E-state index in [1.54, 1.807) is 12.1 Å². The number of carboxylic acid groups (broad SMARTS) is 1. The molecule has 1 aromatic rings. The van der Waals surface area contributed by atoms with Crippen LogP contribution in [0.1, 0.15) is 18.4 Å². The highest BCUT2D eigenvalue weighted by Crippen LogP contribution is 2.08. The van der Waals surface area contributed by atoms with Crippen LogP contribution in [0.15, 0.2) is 24.3 Å². The minimum absolute atomic E-state index is 0.0593. The lowest BCUT2D eigenvalue weighted by molar-refractivity contribution is -0.305. The number of rotatable bonds is 4. The van der Waals surface area contributed by atoms with Crippen LogP contribution in [0.3, 0.4) is 0 Å². The normalized spacial score (nSPS) is 9.67. The third-order valence-corrected chi connectivity index (χ3v) is 1.89. The van der Waals surface area contributed by atoms with Crippen LogP contribution in [-0.2, 0) is 9.59 Å². The Hall–Kier alpha value is -1.84. The third kappa shape index (κ3) is 4.26. The zero-order valence-corrected chi connectivity index (χ0v) is 8.45. The maximum Gasteiger partial charge on any atom is 0.224 e. The summed E-state index contributed by atoms with van der Waals surface area (Å²) < 4.78 is 0. The molecule has 0 unspecified atom stereocenters. The predicted molar refractivity (Wildman–Crippen MR) is 54.0 cm³/mol. The first kappa shape index (κ1) is 11.2. The van der Waals surface area contributed by atoms with Crippen LogP contribution >= 0.6 is 0 Å². The van der Waals surface area contributed by atoms with Crippen LogP contribution in [0, 0.1) is 6.92 Å². The molecule has 0 saturated heterocycles. The van der Waals surface area contributed by atoms with Crippen molar-refractivity contribution in [2.75, 3.05) is 5.32 Å². The lowest BCUT2D eigenvalue weighted by Gasteiger charge is -2.05. The van der Waals surface area contributed by atoms with Gasteiger partial charge in [-0.25, -0.2) is 0 Å². The maximum absolute atomic E-state index is 11.2. The fraction of sp³-hybridized carbons (Fsp3) is 0.273. The zero-order valence-electron chi connectivity index (χ0n) is 8.45. The fourth-order valence-corrected chi connectivity index (χ4v) is 1.08. The topological polar surface area (TPSA) is 69.2 Å². The first-order valence-corrected chi connectivity index (χ1v) is 4.64. The Morgan fingerprint density at radius 2 is 1.80 bits per heavy atom. The number of carbonyl (C=O) groups excluding carboxylic acids is 2. The summed E-state index contributed by atoms with van der Waals surface area (Å²) >= 11 is 0. The lowest BCUT2D eigenvalue weighted by atomic mass is 10.2. The highest BCUT2D eigenvalue weighted by Gasteiger charge is 2.01. The average molecular weight is 206 g/mol. The van der Waals surface area contributed by atoms with Gasteiger partial charge in [-0.3, -0.25) is 4.79 Å². The first-order chi connectivity index (χ1) is 7.08. The van der Waals surface area contributed by atoms with Crippen LogP contribution in [0.25, 0.3) is 0 Å². The minimum Gasteiger partial charge on any atom is -0.550 e. The molecule has 0 fully saturated rings. The molecule has 4 heteroatoms. The van der Waals surface area contributed by atoms with Crippen molar-refractivity contribution < 1.29 is 14.7 Å². The van der Waals surface area contributed by atoms with E-state index in [2.05, 4.69) is 5.32 Å². The van der Waals surface area contributed by atoms with Crippen LogP contribution in [0.4, 0.5) is 5.69 Å². The molecule has 15 heavy (non-hydrogen) atoms. The van der Waals surface area contributed by atoms with Crippen molar-refractivity contribution in [1.82, 2.24) is 0 Å². The standard InChI is InChI=1S/C11H13NO3/c1-8-2-4-9(5-3-8)12-10(13)6-7-11(14)15/h2-5H,6-7H2,1H3,(H,12,13)(H,14,15)/p-1. The summed E-state index contributed by atoms with van der Waals surface area (Å²) in [6.07, 6.45) is -0.312. The summed E-state index contributed by atoms with van der Waals surface area (Å²) in [6.45, 7) is 1.95. The van der Waals surface area contributed by atoms with Crippen LogP contribution in [-0.4, -0.2) is 11.9 Å². The van der Waals surface area contributed by atoms with E-state index >= 15 is 0 Å². The molecule has 0 heterocycles. The van der Waals surface area contributed by atoms with Crippen LogP contribution in [0.5, 0.6) is 0 Å². The molecule has 0 bridgehead atoms. The van der Waals surface area contributed by atoms with E-state index < -0.39 is 5.97 Å². The number of anilines is 1. The predicted octanol–water partition coefficient (Wildman–Crippen LogP) is 0.464. The van der Waals surface area contributed by atoms with Crippen molar-refractivity contribution in [2.24, 2.45) is 0 Å². The number of carboxylic acids is 1. The van der Waals surface area contributed by atoms with Gasteiger partial charge in [0.25, 0.3) is 0 Å².